The fourth-order valence-electron chi connectivity index (χ4n) is 1.47. The van der Waals surface area contributed by atoms with Crippen LogP contribution in [0.3, 0.4) is 0 Å². The highest BCUT2D eigenvalue weighted by atomic mass is 35.5. The van der Waals surface area contributed by atoms with Crippen molar-refractivity contribution in [1.82, 2.24) is 9.62 Å². The van der Waals surface area contributed by atoms with E-state index in [1.165, 1.54) is 25.2 Å². The van der Waals surface area contributed by atoms with Gasteiger partial charge in [0, 0.05) is 13.6 Å². The minimum Gasteiger partial charge on any atom is -0.397 e. The van der Waals surface area contributed by atoms with Crippen LogP contribution in [0.15, 0.2) is 23.1 Å². The van der Waals surface area contributed by atoms with Gasteiger partial charge in [-0.25, -0.2) is 8.42 Å². The Balaban J connectivity index is 2.87. The lowest BCUT2D eigenvalue weighted by Gasteiger charge is -2.17. The van der Waals surface area contributed by atoms with Crippen molar-refractivity contribution in [3.63, 3.8) is 0 Å². The molecule has 0 heterocycles. The number of benzene rings is 1. The van der Waals surface area contributed by atoms with E-state index in [-0.39, 0.29) is 28.1 Å². The van der Waals surface area contributed by atoms with E-state index in [1.807, 2.05) is 6.92 Å². The first-order valence-corrected chi connectivity index (χ1v) is 7.89. The van der Waals surface area contributed by atoms with Gasteiger partial charge in [0.05, 0.1) is 22.2 Å². The molecule has 1 amide bonds. The van der Waals surface area contributed by atoms with Crippen molar-refractivity contribution in [3.05, 3.63) is 23.2 Å². The lowest BCUT2D eigenvalue weighted by Crippen LogP contribution is -2.38. The van der Waals surface area contributed by atoms with Crippen LogP contribution < -0.4 is 11.1 Å². The smallest absolute Gasteiger partial charge is 0.243 e. The van der Waals surface area contributed by atoms with Crippen LogP contribution in [-0.2, 0) is 14.8 Å². The molecule has 0 aliphatic carbocycles. The van der Waals surface area contributed by atoms with Crippen molar-refractivity contribution < 1.29 is 13.2 Å². The third kappa shape index (κ3) is 4.09. The zero-order valence-corrected chi connectivity index (χ0v) is 13.0. The summed E-state index contributed by atoms with van der Waals surface area (Å²) in [6.45, 7) is 2.18. The summed E-state index contributed by atoms with van der Waals surface area (Å²) in [7, 11) is -2.43. The number of sulfonamides is 1. The molecule has 1 aromatic rings. The van der Waals surface area contributed by atoms with Gasteiger partial charge in [0.2, 0.25) is 15.9 Å². The number of anilines is 1. The predicted octanol–water partition coefficient (Wildman–Crippen LogP) is 1.07. The second kappa shape index (κ2) is 6.92. The first kappa shape index (κ1) is 16.7. The second-order valence-corrected chi connectivity index (χ2v) is 6.75. The summed E-state index contributed by atoms with van der Waals surface area (Å²) in [5, 5.41) is 2.90. The van der Waals surface area contributed by atoms with Crippen LogP contribution in [0.25, 0.3) is 0 Å². The van der Waals surface area contributed by atoms with E-state index >= 15 is 0 Å². The maximum atomic E-state index is 12.3. The third-order valence-corrected chi connectivity index (χ3v) is 4.76. The van der Waals surface area contributed by atoms with Crippen molar-refractivity contribution >= 4 is 33.2 Å². The molecule has 20 heavy (non-hydrogen) atoms. The first-order valence-electron chi connectivity index (χ1n) is 6.07. The monoisotopic (exact) mass is 319 g/mol. The molecule has 0 bridgehead atoms. The summed E-state index contributed by atoms with van der Waals surface area (Å²) in [5.74, 6) is -0.347. The number of nitrogens with one attached hydrogen (secondary N) is 1. The minimum absolute atomic E-state index is 0.00481. The van der Waals surface area contributed by atoms with Crippen LogP contribution in [0.5, 0.6) is 0 Å². The Morgan fingerprint density at radius 1 is 1.45 bits per heavy atom. The summed E-state index contributed by atoms with van der Waals surface area (Å²) in [5.41, 5.74) is 5.77. The van der Waals surface area contributed by atoms with Gasteiger partial charge in [-0.05, 0) is 24.6 Å². The average molecular weight is 320 g/mol. The van der Waals surface area contributed by atoms with E-state index in [9.17, 15) is 13.2 Å². The van der Waals surface area contributed by atoms with Gasteiger partial charge in [-0.3, -0.25) is 4.79 Å². The number of hydrogen-bond acceptors (Lipinski definition) is 4. The topological polar surface area (TPSA) is 92.5 Å². The highest BCUT2D eigenvalue weighted by Crippen LogP contribution is 2.23. The molecule has 0 unspecified atom stereocenters. The molecule has 0 saturated heterocycles. The molecule has 0 spiro atoms. The van der Waals surface area contributed by atoms with Crippen LogP contribution in [-0.4, -0.2) is 38.8 Å². The summed E-state index contributed by atoms with van der Waals surface area (Å²) in [6.07, 6.45) is 0.788. The molecule has 3 N–H and O–H groups in total. The predicted molar refractivity (Wildman–Crippen MR) is 79.0 cm³/mol. The van der Waals surface area contributed by atoms with E-state index < -0.39 is 10.0 Å². The van der Waals surface area contributed by atoms with E-state index in [1.54, 1.807) is 0 Å². The zero-order chi connectivity index (χ0) is 15.3. The number of halogens is 1. The highest BCUT2D eigenvalue weighted by molar-refractivity contribution is 7.89. The van der Waals surface area contributed by atoms with Gasteiger partial charge >= 0.3 is 0 Å². The van der Waals surface area contributed by atoms with Crippen molar-refractivity contribution in [1.29, 1.82) is 0 Å². The molecule has 1 aromatic carbocycles. The highest BCUT2D eigenvalue weighted by Gasteiger charge is 2.23. The number of rotatable bonds is 6. The SMILES string of the molecule is CCCNC(=O)CN(C)S(=O)(=O)c1ccc(Cl)c(N)c1. The van der Waals surface area contributed by atoms with Gasteiger partial charge in [-0.2, -0.15) is 4.31 Å². The van der Waals surface area contributed by atoms with Crippen LogP contribution in [0, 0.1) is 0 Å². The molecule has 0 aliphatic rings. The molecule has 0 fully saturated rings. The fraction of sp³-hybridized carbons (Fsp3) is 0.417. The van der Waals surface area contributed by atoms with Gasteiger partial charge in [0.1, 0.15) is 0 Å². The Labute approximate surface area is 123 Å². The number of hydrogen-bond donors (Lipinski definition) is 2. The Kier molecular flexibility index (Phi) is 5.79. The second-order valence-electron chi connectivity index (χ2n) is 4.29. The Bertz CT molecular complexity index is 590. The normalized spacial score (nSPS) is 11.6. The molecular weight excluding hydrogens is 302 g/mol. The molecular formula is C12H18ClN3O3S. The average Bonchev–Trinajstić information content (AvgIpc) is 2.39. The minimum atomic E-state index is -3.76. The lowest BCUT2D eigenvalue weighted by molar-refractivity contribution is -0.121. The number of nitrogens with two attached hydrogens (primary N) is 1. The Hall–Kier alpha value is -1.31. The molecule has 112 valence electrons. The standard InChI is InChI=1S/C12H18ClN3O3S/c1-3-6-15-12(17)8-16(2)20(18,19)9-4-5-10(13)11(14)7-9/h4-5,7H,3,6,8,14H2,1-2H3,(H,15,17). The summed E-state index contributed by atoms with van der Waals surface area (Å²) in [4.78, 5) is 11.6. The zero-order valence-electron chi connectivity index (χ0n) is 11.4. The number of likely N-dealkylation sites (N-methyl/N-ethyl adjacent to an activating group) is 1. The Morgan fingerprint density at radius 2 is 2.10 bits per heavy atom. The van der Waals surface area contributed by atoms with Crippen LogP contribution >= 0.6 is 11.6 Å². The molecule has 0 aliphatic heterocycles. The van der Waals surface area contributed by atoms with E-state index in [4.69, 9.17) is 17.3 Å². The van der Waals surface area contributed by atoms with Crippen molar-refractivity contribution in [2.24, 2.45) is 0 Å². The van der Waals surface area contributed by atoms with Crippen LogP contribution in [0.2, 0.25) is 5.02 Å². The van der Waals surface area contributed by atoms with Crippen LogP contribution in [0.4, 0.5) is 5.69 Å². The summed E-state index contributed by atoms with van der Waals surface area (Å²) in [6, 6.07) is 4.04. The van der Waals surface area contributed by atoms with Gasteiger partial charge in [-0.1, -0.05) is 18.5 Å². The van der Waals surface area contributed by atoms with Gasteiger partial charge in [0.25, 0.3) is 0 Å². The van der Waals surface area contributed by atoms with Gasteiger partial charge in [-0.15, -0.1) is 0 Å². The molecule has 0 radical (unpaired) electrons. The summed E-state index contributed by atoms with van der Waals surface area (Å²) >= 11 is 5.75. The molecule has 6 nitrogen and oxygen atoms in total. The molecule has 0 aromatic heterocycles. The van der Waals surface area contributed by atoms with Crippen molar-refractivity contribution in [2.45, 2.75) is 18.2 Å². The van der Waals surface area contributed by atoms with E-state index in [0.29, 0.717) is 6.54 Å². The van der Waals surface area contributed by atoms with Crippen molar-refractivity contribution in [3.8, 4) is 0 Å². The number of nitrogens with zero attached hydrogens (tertiary/aromatic N) is 1. The molecule has 0 atom stereocenters. The lowest BCUT2D eigenvalue weighted by atomic mass is 10.3. The molecule has 1 rings (SSSR count). The first-order chi connectivity index (χ1) is 9.28. The summed E-state index contributed by atoms with van der Waals surface area (Å²) < 4.78 is 25.5. The number of carbonyl (C=O) groups excluding carboxylic acids is 1. The van der Waals surface area contributed by atoms with Gasteiger partial charge in [0.15, 0.2) is 0 Å². The van der Waals surface area contributed by atoms with E-state index in [2.05, 4.69) is 5.32 Å². The number of carbonyl (C=O) groups is 1. The number of nitrogen functional groups attached to an aromatic ring is 1. The van der Waals surface area contributed by atoms with Crippen molar-refractivity contribution in [2.75, 3.05) is 25.9 Å². The molecule has 8 heteroatoms. The third-order valence-electron chi connectivity index (χ3n) is 2.61. The fourth-order valence-corrected chi connectivity index (χ4v) is 2.75. The van der Waals surface area contributed by atoms with Gasteiger partial charge < -0.3 is 11.1 Å². The maximum absolute atomic E-state index is 12.3. The largest absolute Gasteiger partial charge is 0.397 e. The number of amides is 1. The van der Waals surface area contributed by atoms with Crippen LogP contribution in [0.1, 0.15) is 13.3 Å². The van der Waals surface area contributed by atoms with E-state index in [0.717, 1.165) is 10.7 Å². The Morgan fingerprint density at radius 3 is 2.65 bits per heavy atom. The molecule has 0 saturated carbocycles. The maximum Gasteiger partial charge on any atom is 0.243 e. The quantitative estimate of drug-likeness (QED) is 0.767.